The summed E-state index contributed by atoms with van der Waals surface area (Å²) in [6, 6.07) is 4.59. The molecule has 1 aromatic rings. The fourth-order valence-electron chi connectivity index (χ4n) is 1.24. The van der Waals surface area contributed by atoms with E-state index in [9.17, 15) is 8.42 Å². The van der Waals surface area contributed by atoms with E-state index in [1.54, 1.807) is 6.07 Å². The van der Waals surface area contributed by atoms with E-state index >= 15 is 0 Å². The van der Waals surface area contributed by atoms with Crippen molar-refractivity contribution in [3.8, 4) is 0 Å². The molecule has 0 aliphatic heterocycles. The second-order valence-electron chi connectivity index (χ2n) is 3.58. The highest BCUT2D eigenvalue weighted by Gasteiger charge is 2.10. The number of hydrogen-bond acceptors (Lipinski definition) is 3. The Balaban J connectivity index is 3.17. The second kappa shape index (κ2) is 4.49. The van der Waals surface area contributed by atoms with Crippen molar-refractivity contribution >= 4 is 21.6 Å². The Labute approximate surface area is 94.7 Å². The van der Waals surface area contributed by atoms with Gasteiger partial charge in [-0.3, -0.25) is 0 Å². The molecule has 4 nitrogen and oxygen atoms in total. The third-order valence-corrected chi connectivity index (χ3v) is 2.87. The minimum atomic E-state index is -3.69. The highest BCUT2D eigenvalue weighted by atomic mass is 35.5. The van der Waals surface area contributed by atoms with Gasteiger partial charge in [-0.05, 0) is 37.9 Å². The molecule has 0 bridgehead atoms. The third kappa shape index (κ3) is 3.79. The summed E-state index contributed by atoms with van der Waals surface area (Å²) in [5.41, 5.74) is 0.816. The average molecular weight is 249 g/mol. The van der Waals surface area contributed by atoms with Gasteiger partial charge in [0, 0.05) is 11.6 Å². The van der Waals surface area contributed by atoms with Crippen LogP contribution < -0.4 is 5.14 Å². The number of sulfonamides is 1. The van der Waals surface area contributed by atoms with Crippen molar-refractivity contribution in [1.82, 2.24) is 4.90 Å². The van der Waals surface area contributed by atoms with Crippen LogP contribution in [0.4, 0.5) is 0 Å². The zero-order chi connectivity index (χ0) is 11.6. The number of hydrogen-bond donors (Lipinski definition) is 1. The number of halogens is 1. The normalized spacial score (nSPS) is 12.1. The maximum absolute atomic E-state index is 11.1. The van der Waals surface area contributed by atoms with Crippen LogP contribution in [0.2, 0.25) is 5.02 Å². The summed E-state index contributed by atoms with van der Waals surface area (Å²) in [6.07, 6.45) is 0. The molecule has 0 atom stereocenters. The highest BCUT2D eigenvalue weighted by Crippen LogP contribution is 2.18. The zero-order valence-electron chi connectivity index (χ0n) is 8.57. The van der Waals surface area contributed by atoms with E-state index in [1.807, 2.05) is 19.0 Å². The van der Waals surface area contributed by atoms with Gasteiger partial charge >= 0.3 is 0 Å². The monoisotopic (exact) mass is 248 g/mol. The maximum atomic E-state index is 11.1. The van der Waals surface area contributed by atoms with Crippen LogP contribution in [0.5, 0.6) is 0 Å². The standard InChI is InChI=1S/C9H13ClN2O2S/c1-12(2)6-7-3-8(10)5-9(4-7)15(11,13)14/h3-5H,6H2,1-2H3,(H2,11,13,14). The van der Waals surface area contributed by atoms with Crippen LogP contribution in [0.25, 0.3) is 0 Å². The summed E-state index contributed by atoms with van der Waals surface area (Å²) in [4.78, 5) is 1.96. The molecule has 0 radical (unpaired) electrons. The van der Waals surface area contributed by atoms with Gasteiger partial charge in [0.25, 0.3) is 0 Å². The van der Waals surface area contributed by atoms with Gasteiger partial charge in [0.15, 0.2) is 0 Å². The van der Waals surface area contributed by atoms with E-state index in [4.69, 9.17) is 16.7 Å². The molecule has 0 heterocycles. The molecule has 0 aliphatic carbocycles. The van der Waals surface area contributed by atoms with Gasteiger partial charge in [-0.1, -0.05) is 11.6 Å². The first-order valence-corrected chi connectivity index (χ1v) is 6.18. The summed E-state index contributed by atoms with van der Waals surface area (Å²) in [5, 5.41) is 5.40. The predicted octanol–water partition coefficient (Wildman–Crippen LogP) is 1.05. The summed E-state index contributed by atoms with van der Waals surface area (Å²) in [5.74, 6) is 0. The lowest BCUT2D eigenvalue weighted by molar-refractivity contribution is 0.402. The number of primary sulfonamides is 1. The molecule has 0 saturated carbocycles. The largest absolute Gasteiger partial charge is 0.305 e. The number of nitrogens with two attached hydrogens (primary N) is 1. The molecular weight excluding hydrogens is 236 g/mol. The number of benzene rings is 1. The van der Waals surface area contributed by atoms with Crippen molar-refractivity contribution in [2.45, 2.75) is 11.4 Å². The Morgan fingerprint density at radius 1 is 1.33 bits per heavy atom. The van der Waals surface area contributed by atoms with Gasteiger partial charge < -0.3 is 4.90 Å². The molecule has 0 aliphatic rings. The Bertz CT molecular complexity index is 457. The van der Waals surface area contributed by atoms with Crippen molar-refractivity contribution in [2.75, 3.05) is 14.1 Å². The Morgan fingerprint density at radius 2 is 1.93 bits per heavy atom. The minimum Gasteiger partial charge on any atom is -0.305 e. The van der Waals surface area contributed by atoms with Crippen LogP contribution in [0.3, 0.4) is 0 Å². The molecule has 0 spiro atoms. The first-order chi connectivity index (χ1) is 6.79. The van der Waals surface area contributed by atoms with Gasteiger partial charge in [0.2, 0.25) is 10.0 Å². The molecule has 2 N–H and O–H groups in total. The molecule has 1 aromatic carbocycles. The first-order valence-electron chi connectivity index (χ1n) is 4.26. The highest BCUT2D eigenvalue weighted by molar-refractivity contribution is 7.89. The molecule has 1 rings (SSSR count). The molecule has 6 heteroatoms. The fraction of sp³-hybridized carbons (Fsp3) is 0.333. The van der Waals surface area contributed by atoms with Gasteiger partial charge in [0.1, 0.15) is 0 Å². The van der Waals surface area contributed by atoms with Crippen LogP contribution in [0, 0.1) is 0 Å². The first kappa shape index (κ1) is 12.4. The van der Waals surface area contributed by atoms with E-state index in [0.717, 1.165) is 5.56 Å². The van der Waals surface area contributed by atoms with Gasteiger partial charge in [-0.25, -0.2) is 13.6 Å². The van der Waals surface area contributed by atoms with Crippen LogP contribution in [0.15, 0.2) is 23.1 Å². The quantitative estimate of drug-likeness (QED) is 0.870. The molecule has 84 valence electrons. The SMILES string of the molecule is CN(C)Cc1cc(Cl)cc(S(N)(=O)=O)c1. The maximum Gasteiger partial charge on any atom is 0.238 e. The molecule has 15 heavy (non-hydrogen) atoms. The van der Waals surface area contributed by atoms with Crippen LogP contribution in [0.1, 0.15) is 5.56 Å². The molecule has 0 saturated heterocycles. The van der Waals surface area contributed by atoms with E-state index in [0.29, 0.717) is 11.6 Å². The van der Waals surface area contributed by atoms with Crippen LogP contribution in [-0.2, 0) is 16.6 Å². The van der Waals surface area contributed by atoms with Crippen molar-refractivity contribution in [3.63, 3.8) is 0 Å². The van der Waals surface area contributed by atoms with E-state index in [1.165, 1.54) is 12.1 Å². The molecule has 0 aromatic heterocycles. The minimum absolute atomic E-state index is 0.0480. The number of nitrogens with zero attached hydrogens (tertiary/aromatic N) is 1. The summed E-state index contributed by atoms with van der Waals surface area (Å²) < 4.78 is 22.3. The Morgan fingerprint density at radius 3 is 2.40 bits per heavy atom. The molecular formula is C9H13ClN2O2S. The Hall–Kier alpha value is -0.620. The lowest BCUT2D eigenvalue weighted by Crippen LogP contribution is -2.14. The lowest BCUT2D eigenvalue weighted by Gasteiger charge is -2.10. The smallest absolute Gasteiger partial charge is 0.238 e. The van der Waals surface area contributed by atoms with Gasteiger partial charge in [-0.2, -0.15) is 0 Å². The van der Waals surface area contributed by atoms with Crippen molar-refractivity contribution in [2.24, 2.45) is 5.14 Å². The van der Waals surface area contributed by atoms with Gasteiger partial charge in [-0.15, -0.1) is 0 Å². The fourth-order valence-corrected chi connectivity index (χ4v) is 2.17. The van der Waals surface area contributed by atoms with Crippen LogP contribution >= 0.6 is 11.6 Å². The van der Waals surface area contributed by atoms with E-state index < -0.39 is 10.0 Å². The average Bonchev–Trinajstić information content (AvgIpc) is 1.99. The topological polar surface area (TPSA) is 63.4 Å². The molecule has 0 unspecified atom stereocenters. The molecule has 0 amide bonds. The lowest BCUT2D eigenvalue weighted by atomic mass is 10.2. The molecule has 0 fully saturated rings. The van der Waals surface area contributed by atoms with Crippen molar-refractivity contribution in [1.29, 1.82) is 0 Å². The van der Waals surface area contributed by atoms with Crippen molar-refractivity contribution < 1.29 is 8.42 Å². The Kier molecular flexibility index (Phi) is 3.72. The van der Waals surface area contributed by atoms with E-state index in [-0.39, 0.29) is 4.90 Å². The second-order valence-corrected chi connectivity index (χ2v) is 5.58. The summed E-state index contributed by atoms with van der Waals surface area (Å²) in [6.45, 7) is 0.614. The zero-order valence-corrected chi connectivity index (χ0v) is 10.1. The van der Waals surface area contributed by atoms with E-state index in [2.05, 4.69) is 0 Å². The summed E-state index contributed by atoms with van der Waals surface area (Å²) in [7, 11) is 0.0863. The van der Waals surface area contributed by atoms with Crippen molar-refractivity contribution in [3.05, 3.63) is 28.8 Å². The third-order valence-electron chi connectivity index (χ3n) is 1.76. The predicted molar refractivity (Wildman–Crippen MR) is 60.2 cm³/mol. The summed E-state index contributed by atoms with van der Waals surface area (Å²) >= 11 is 5.80. The van der Waals surface area contributed by atoms with Gasteiger partial charge in [0.05, 0.1) is 4.90 Å². The van der Waals surface area contributed by atoms with Crippen LogP contribution in [-0.4, -0.2) is 27.4 Å². The number of rotatable bonds is 3.